The molecule has 0 aliphatic heterocycles. The van der Waals surface area contributed by atoms with Gasteiger partial charge >= 0.3 is 5.97 Å². The van der Waals surface area contributed by atoms with Gasteiger partial charge in [0.05, 0.1) is 6.61 Å². The Balaban J connectivity index is 2.08. The van der Waals surface area contributed by atoms with Crippen molar-refractivity contribution in [1.82, 2.24) is 9.55 Å². The summed E-state index contributed by atoms with van der Waals surface area (Å²) in [5.41, 5.74) is 6.09. The van der Waals surface area contributed by atoms with E-state index in [4.69, 9.17) is 10.5 Å². The average molecular weight is 287 g/mol. The Kier molecular flexibility index (Phi) is 4.75. The van der Waals surface area contributed by atoms with Crippen molar-refractivity contribution in [3.05, 3.63) is 42.7 Å². The molecule has 0 saturated carbocycles. The molecule has 5 nitrogen and oxygen atoms in total. The van der Waals surface area contributed by atoms with E-state index in [1.54, 1.807) is 20.0 Å². The van der Waals surface area contributed by atoms with Gasteiger partial charge in [-0.25, -0.2) is 4.98 Å². The van der Waals surface area contributed by atoms with Crippen LogP contribution < -0.4 is 5.73 Å². The lowest BCUT2D eigenvalue weighted by Crippen LogP contribution is -2.46. The molecule has 1 unspecified atom stereocenters. The second-order valence-electron chi connectivity index (χ2n) is 5.20. The summed E-state index contributed by atoms with van der Waals surface area (Å²) in [6.07, 6.45) is 4.13. The second-order valence-corrected chi connectivity index (χ2v) is 5.20. The summed E-state index contributed by atoms with van der Waals surface area (Å²) < 4.78 is 7.00. The van der Waals surface area contributed by atoms with Crippen LogP contribution in [0.5, 0.6) is 0 Å². The van der Waals surface area contributed by atoms with Gasteiger partial charge in [-0.3, -0.25) is 4.79 Å². The van der Waals surface area contributed by atoms with Crippen LogP contribution in [0.2, 0.25) is 0 Å². The quantitative estimate of drug-likeness (QED) is 0.827. The minimum atomic E-state index is -0.992. The van der Waals surface area contributed by atoms with Gasteiger partial charge in [0.25, 0.3) is 0 Å². The third-order valence-corrected chi connectivity index (χ3v) is 3.36. The number of nitrogens with two attached hydrogens (primary N) is 1. The lowest BCUT2D eigenvalue weighted by atomic mass is 9.99. The zero-order valence-electron chi connectivity index (χ0n) is 12.5. The number of aromatic nitrogens is 2. The normalized spacial score (nSPS) is 13.7. The standard InChI is InChI=1S/C16H21N3O2/c1-3-21-15(20)16(2,17)9-11-19-12-10-18-14(19)13-7-5-4-6-8-13/h4-8,10,12H,3,9,11,17H2,1-2H3. The molecule has 5 heteroatoms. The topological polar surface area (TPSA) is 70.1 Å². The van der Waals surface area contributed by atoms with Crippen molar-refractivity contribution < 1.29 is 9.53 Å². The van der Waals surface area contributed by atoms with E-state index in [1.807, 2.05) is 41.1 Å². The molecule has 1 aromatic heterocycles. The molecule has 112 valence electrons. The number of esters is 1. The number of imidazole rings is 1. The Hall–Kier alpha value is -2.14. The number of benzene rings is 1. The predicted octanol–water partition coefficient (Wildman–Crippen LogP) is 2.22. The van der Waals surface area contributed by atoms with E-state index in [0.717, 1.165) is 11.4 Å². The van der Waals surface area contributed by atoms with Crippen LogP contribution in [-0.4, -0.2) is 27.7 Å². The van der Waals surface area contributed by atoms with Crippen LogP contribution in [0.15, 0.2) is 42.7 Å². The van der Waals surface area contributed by atoms with E-state index < -0.39 is 5.54 Å². The molecule has 0 radical (unpaired) electrons. The van der Waals surface area contributed by atoms with Crippen LogP contribution in [0, 0.1) is 0 Å². The molecule has 0 bridgehead atoms. The van der Waals surface area contributed by atoms with Crippen LogP contribution in [-0.2, 0) is 16.1 Å². The van der Waals surface area contributed by atoms with Crippen LogP contribution >= 0.6 is 0 Å². The number of carbonyl (C=O) groups is 1. The van der Waals surface area contributed by atoms with Crippen molar-refractivity contribution in [2.75, 3.05) is 6.61 Å². The summed E-state index contributed by atoms with van der Waals surface area (Å²) >= 11 is 0. The van der Waals surface area contributed by atoms with Gasteiger partial charge in [-0.05, 0) is 20.3 Å². The zero-order chi connectivity index (χ0) is 15.3. The highest BCUT2D eigenvalue weighted by molar-refractivity contribution is 5.79. The van der Waals surface area contributed by atoms with Gasteiger partial charge in [0.2, 0.25) is 0 Å². The Morgan fingerprint density at radius 1 is 1.38 bits per heavy atom. The number of aryl methyl sites for hydroxylation is 1. The molecule has 2 N–H and O–H groups in total. The van der Waals surface area contributed by atoms with Crippen LogP contribution in [0.4, 0.5) is 0 Å². The van der Waals surface area contributed by atoms with E-state index in [9.17, 15) is 4.79 Å². The van der Waals surface area contributed by atoms with Crippen LogP contribution in [0.25, 0.3) is 11.4 Å². The average Bonchev–Trinajstić information content (AvgIpc) is 2.95. The smallest absolute Gasteiger partial charge is 0.325 e. The second kappa shape index (κ2) is 6.54. The molecular weight excluding hydrogens is 266 g/mol. The molecule has 1 aromatic carbocycles. The van der Waals surface area contributed by atoms with E-state index in [1.165, 1.54) is 0 Å². The fourth-order valence-corrected chi connectivity index (χ4v) is 2.09. The molecule has 0 saturated heterocycles. The highest BCUT2D eigenvalue weighted by Gasteiger charge is 2.29. The third kappa shape index (κ3) is 3.70. The van der Waals surface area contributed by atoms with Crippen molar-refractivity contribution in [3.8, 4) is 11.4 Å². The Labute approximate surface area is 124 Å². The molecule has 0 fully saturated rings. The van der Waals surface area contributed by atoms with Gasteiger partial charge in [-0.2, -0.15) is 0 Å². The summed E-state index contributed by atoms with van der Waals surface area (Å²) in [7, 11) is 0. The van der Waals surface area contributed by atoms with E-state index in [2.05, 4.69) is 4.98 Å². The molecule has 2 rings (SSSR count). The number of ether oxygens (including phenoxy) is 1. The summed E-state index contributed by atoms with van der Waals surface area (Å²) in [5.74, 6) is 0.502. The van der Waals surface area contributed by atoms with Gasteiger partial charge in [0.15, 0.2) is 0 Å². The number of nitrogens with zero attached hydrogens (tertiary/aromatic N) is 2. The van der Waals surface area contributed by atoms with Gasteiger partial charge in [-0.15, -0.1) is 0 Å². The van der Waals surface area contributed by atoms with Crippen molar-refractivity contribution in [1.29, 1.82) is 0 Å². The number of hydrogen-bond acceptors (Lipinski definition) is 4. The summed E-state index contributed by atoms with van der Waals surface area (Å²) in [6.45, 7) is 4.42. The highest BCUT2D eigenvalue weighted by atomic mass is 16.5. The predicted molar refractivity (Wildman–Crippen MR) is 81.5 cm³/mol. The number of hydrogen-bond donors (Lipinski definition) is 1. The molecule has 0 spiro atoms. The first-order chi connectivity index (χ1) is 10.0. The van der Waals surface area contributed by atoms with E-state index in [0.29, 0.717) is 19.6 Å². The zero-order valence-corrected chi connectivity index (χ0v) is 12.5. The Morgan fingerprint density at radius 3 is 2.76 bits per heavy atom. The molecule has 21 heavy (non-hydrogen) atoms. The monoisotopic (exact) mass is 287 g/mol. The third-order valence-electron chi connectivity index (χ3n) is 3.36. The first kappa shape index (κ1) is 15.3. The van der Waals surface area contributed by atoms with Gasteiger partial charge < -0.3 is 15.0 Å². The number of carbonyl (C=O) groups excluding carboxylic acids is 1. The van der Waals surface area contributed by atoms with E-state index >= 15 is 0 Å². The van der Waals surface area contributed by atoms with Crippen molar-refractivity contribution in [2.24, 2.45) is 5.73 Å². The molecule has 0 aliphatic rings. The maximum atomic E-state index is 11.8. The van der Waals surface area contributed by atoms with Crippen LogP contribution in [0.3, 0.4) is 0 Å². The van der Waals surface area contributed by atoms with Gasteiger partial charge in [0.1, 0.15) is 11.4 Å². The Bertz CT molecular complexity index is 591. The Morgan fingerprint density at radius 2 is 2.10 bits per heavy atom. The number of rotatable bonds is 6. The summed E-state index contributed by atoms with van der Waals surface area (Å²) in [6, 6.07) is 9.92. The fourth-order valence-electron chi connectivity index (χ4n) is 2.09. The summed E-state index contributed by atoms with van der Waals surface area (Å²) in [4.78, 5) is 16.2. The maximum Gasteiger partial charge on any atom is 0.325 e. The van der Waals surface area contributed by atoms with Crippen molar-refractivity contribution in [3.63, 3.8) is 0 Å². The highest BCUT2D eigenvalue weighted by Crippen LogP contribution is 2.19. The molecule has 0 amide bonds. The lowest BCUT2D eigenvalue weighted by Gasteiger charge is -2.22. The van der Waals surface area contributed by atoms with Gasteiger partial charge in [0, 0.05) is 24.5 Å². The molecule has 0 aliphatic carbocycles. The first-order valence-corrected chi connectivity index (χ1v) is 7.07. The SMILES string of the molecule is CCOC(=O)C(C)(N)CCn1ccnc1-c1ccccc1. The van der Waals surface area contributed by atoms with Crippen molar-refractivity contribution in [2.45, 2.75) is 32.4 Å². The minimum absolute atomic E-state index is 0.339. The fraction of sp³-hybridized carbons (Fsp3) is 0.375. The van der Waals surface area contributed by atoms with Crippen molar-refractivity contribution >= 4 is 5.97 Å². The maximum absolute atomic E-state index is 11.8. The lowest BCUT2D eigenvalue weighted by molar-refractivity contribution is -0.149. The molecule has 1 heterocycles. The van der Waals surface area contributed by atoms with Gasteiger partial charge in [-0.1, -0.05) is 30.3 Å². The van der Waals surface area contributed by atoms with Crippen LogP contribution in [0.1, 0.15) is 20.3 Å². The minimum Gasteiger partial charge on any atom is -0.465 e. The van der Waals surface area contributed by atoms with E-state index in [-0.39, 0.29) is 5.97 Å². The summed E-state index contributed by atoms with van der Waals surface area (Å²) in [5, 5.41) is 0. The largest absolute Gasteiger partial charge is 0.465 e. The molecular formula is C16H21N3O2. The molecule has 1 atom stereocenters. The molecule has 2 aromatic rings. The first-order valence-electron chi connectivity index (χ1n) is 7.07.